The molecule has 4 nitrogen and oxygen atoms in total. The molecule has 19 heavy (non-hydrogen) atoms. The first-order chi connectivity index (χ1) is 9.29. The number of morpholine rings is 1. The molecular weight excluding hydrogens is 238 g/mol. The van der Waals surface area contributed by atoms with Crippen LogP contribution in [0.1, 0.15) is 13.3 Å². The Morgan fingerprint density at radius 3 is 3.16 bits per heavy atom. The summed E-state index contributed by atoms with van der Waals surface area (Å²) in [5, 5.41) is 1.16. The average molecular weight is 257 g/mol. The lowest BCUT2D eigenvalue weighted by atomic mass is 10.1. The monoisotopic (exact) mass is 257 g/mol. The molecule has 1 aromatic carbocycles. The van der Waals surface area contributed by atoms with Crippen LogP contribution in [0.15, 0.2) is 30.5 Å². The molecule has 0 amide bonds. The lowest BCUT2D eigenvalue weighted by Crippen LogP contribution is -2.45. The fourth-order valence-corrected chi connectivity index (χ4v) is 2.71. The van der Waals surface area contributed by atoms with E-state index in [4.69, 9.17) is 10.5 Å². The molecule has 0 bridgehead atoms. The number of rotatable bonds is 2. The summed E-state index contributed by atoms with van der Waals surface area (Å²) in [6.45, 7) is 4.72. The summed E-state index contributed by atoms with van der Waals surface area (Å²) in [6.07, 6.45) is 2.94. The Morgan fingerprint density at radius 2 is 2.32 bits per heavy atom. The number of hydrogen-bond donors (Lipinski definition) is 1. The van der Waals surface area contributed by atoms with Gasteiger partial charge in [-0.25, -0.2) is 0 Å². The number of nitrogens with zero attached hydrogens (tertiary/aromatic N) is 2. The molecule has 2 heterocycles. The van der Waals surface area contributed by atoms with Crippen molar-refractivity contribution < 1.29 is 4.74 Å². The lowest BCUT2D eigenvalue weighted by Gasteiger charge is -2.37. The Labute approximate surface area is 113 Å². The largest absolute Gasteiger partial charge is 0.399 e. The van der Waals surface area contributed by atoms with E-state index >= 15 is 0 Å². The number of fused-ring (bicyclic) bond motifs is 1. The van der Waals surface area contributed by atoms with Crippen molar-refractivity contribution in [2.75, 3.05) is 30.4 Å². The molecular formula is C15H19N3O. The minimum Gasteiger partial charge on any atom is -0.399 e. The van der Waals surface area contributed by atoms with Crippen molar-refractivity contribution in [3.8, 4) is 0 Å². The van der Waals surface area contributed by atoms with E-state index in [0.717, 1.165) is 42.8 Å². The summed E-state index contributed by atoms with van der Waals surface area (Å²) in [4.78, 5) is 6.84. The van der Waals surface area contributed by atoms with Gasteiger partial charge in [0.2, 0.25) is 0 Å². The van der Waals surface area contributed by atoms with Gasteiger partial charge >= 0.3 is 0 Å². The van der Waals surface area contributed by atoms with Crippen molar-refractivity contribution >= 4 is 22.3 Å². The van der Waals surface area contributed by atoms with Crippen LogP contribution in [-0.2, 0) is 4.74 Å². The van der Waals surface area contributed by atoms with Gasteiger partial charge in [-0.2, -0.15) is 0 Å². The molecule has 1 aliphatic rings. The SMILES string of the molecule is CCC1COCCN1c1ccnc2cc(N)ccc12. The van der Waals surface area contributed by atoms with Gasteiger partial charge in [0.15, 0.2) is 0 Å². The third kappa shape index (κ3) is 2.24. The van der Waals surface area contributed by atoms with Crippen LogP contribution < -0.4 is 10.6 Å². The molecule has 1 unspecified atom stereocenters. The maximum absolute atomic E-state index is 5.83. The van der Waals surface area contributed by atoms with E-state index in [2.05, 4.69) is 28.9 Å². The van der Waals surface area contributed by atoms with E-state index in [-0.39, 0.29) is 0 Å². The second-order valence-corrected chi connectivity index (χ2v) is 4.94. The Kier molecular flexibility index (Phi) is 3.25. The molecule has 0 saturated carbocycles. The van der Waals surface area contributed by atoms with Gasteiger partial charge < -0.3 is 15.4 Å². The van der Waals surface area contributed by atoms with Gasteiger partial charge in [-0.3, -0.25) is 4.98 Å². The summed E-state index contributed by atoms with van der Waals surface area (Å²) in [5.41, 5.74) is 8.78. The molecule has 0 aliphatic carbocycles. The quantitative estimate of drug-likeness (QED) is 0.839. The minimum absolute atomic E-state index is 0.442. The van der Waals surface area contributed by atoms with Crippen LogP contribution >= 0.6 is 0 Å². The summed E-state index contributed by atoms with van der Waals surface area (Å²) < 4.78 is 5.58. The minimum atomic E-state index is 0.442. The van der Waals surface area contributed by atoms with Crippen molar-refractivity contribution in [2.24, 2.45) is 0 Å². The van der Waals surface area contributed by atoms with Crippen molar-refractivity contribution in [1.82, 2.24) is 4.98 Å². The van der Waals surface area contributed by atoms with Crippen molar-refractivity contribution in [1.29, 1.82) is 0 Å². The van der Waals surface area contributed by atoms with Crippen LogP contribution in [0.3, 0.4) is 0 Å². The Hall–Kier alpha value is -1.81. The molecule has 1 fully saturated rings. The highest BCUT2D eigenvalue weighted by molar-refractivity contribution is 5.93. The van der Waals surface area contributed by atoms with Gasteiger partial charge in [-0.05, 0) is 30.7 Å². The number of nitrogens with two attached hydrogens (primary N) is 1. The lowest BCUT2D eigenvalue weighted by molar-refractivity contribution is 0.0931. The Balaban J connectivity index is 2.08. The number of ether oxygens (including phenoxy) is 1. The van der Waals surface area contributed by atoms with E-state index in [9.17, 15) is 0 Å². The van der Waals surface area contributed by atoms with E-state index in [0.29, 0.717) is 6.04 Å². The number of benzene rings is 1. The van der Waals surface area contributed by atoms with Gasteiger partial charge in [-0.1, -0.05) is 6.92 Å². The van der Waals surface area contributed by atoms with Crippen LogP contribution in [-0.4, -0.2) is 30.8 Å². The van der Waals surface area contributed by atoms with Gasteiger partial charge in [0.25, 0.3) is 0 Å². The molecule has 4 heteroatoms. The number of pyridine rings is 1. The number of anilines is 2. The van der Waals surface area contributed by atoms with E-state index in [1.54, 1.807) is 0 Å². The third-order valence-electron chi connectivity index (χ3n) is 3.75. The molecule has 2 N–H and O–H groups in total. The second kappa shape index (κ2) is 5.05. The fraction of sp³-hybridized carbons (Fsp3) is 0.400. The summed E-state index contributed by atoms with van der Waals surface area (Å²) in [6, 6.07) is 8.47. The van der Waals surface area contributed by atoms with E-state index in [1.165, 1.54) is 5.69 Å². The Bertz CT molecular complexity index is 585. The highest BCUT2D eigenvalue weighted by Gasteiger charge is 2.23. The first kappa shape index (κ1) is 12.2. The zero-order valence-electron chi connectivity index (χ0n) is 11.2. The molecule has 0 spiro atoms. The average Bonchev–Trinajstić information content (AvgIpc) is 2.46. The molecule has 2 aromatic rings. The second-order valence-electron chi connectivity index (χ2n) is 4.94. The van der Waals surface area contributed by atoms with Crippen molar-refractivity contribution in [2.45, 2.75) is 19.4 Å². The maximum atomic E-state index is 5.83. The molecule has 1 atom stereocenters. The number of hydrogen-bond acceptors (Lipinski definition) is 4. The standard InChI is InChI=1S/C15H19N3O/c1-2-12-10-19-8-7-18(12)15-5-6-17-14-9-11(16)3-4-13(14)15/h3-6,9,12H,2,7-8,10,16H2,1H3. The summed E-state index contributed by atoms with van der Waals surface area (Å²) in [7, 11) is 0. The molecule has 3 rings (SSSR count). The van der Waals surface area contributed by atoms with Crippen LogP contribution in [0.5, 0.6) is 0 Å². The highest BCUT2D eigenvalue weighted by atomic mass is 16.5. The molecule has 100 valence electrons. The summed E-state index contributed by atoms with van der Waals surface area (Å²) >= 11 is 0. The first-order valence-electron chi connectivity index (χ1n) is 6.78. The van der Waals surface area contributed by atoms with Crippen molar-refractivity contribution in [3.05, 3.63) is 30.5 Å². The third-order valence-corrected chi connectivity index (χ3v) is 3.75. The normalized spacial score (nSPS) is 19.8. The zero-order valence-corrected chi connectivity index (χ0v) is 11.2. The van der Waals surface area contributed by atoms with Crippen LogP contribution in [0.25, 0.3) is 10.9 Å². The fourth-order valence-electron chi connectivity index (χ4n) is 2.71. The number of nitrogen functional groups attached to an aromatic ring is 1. The van der Waals surface area contributed by atoms with Crippen LogP contribution in [0, 0.1) is 0 Å². The molecule has 0 radical (unpaired) electrons. The van der Waals surface area contributed by atoms with Gasteiger partial charge in [0.05, 0.1) is 24.8 Å². The van der Waals surface area contributed by atoms with Gasteiger partial charge in [-0.15, -0.1) is 0 Å². The smallest absolute Gasteiger partial charge is 0.0743 e. The van der Waals surface area contributed by atoms with Gasteiger partial charge in [0, 0.05) is 29.5 Å². The predicted molar refractivity (Wildman–Crippen MR) is 78.4 cm³/mol. The predicted octanol–water partition coefficient (Wildman–Crippen LogP) is 2.43. The maximum Gasteiger partial charge on any atom is 0.0743 e. The molecule has 1 aliphatic heterocycles. The zero-order chi connectivity index (χ0) is 13.2. The number of aromatic nitrogens is 1. The van der Waals surface area contributed by atoms with E-state index < -0.39 is 0 Å². The van der Waals surface area contributed by atoms with E-state index in [1.807, 2.05) is 18.3 Å². The Morgan fingerprint density at radius 1 is 1.42 bits per heavy atom. The molecule has 1 saturated heterocycles. The summed E-state index contributed by atoms with van der Waals surface area (Å²) in [5.74, 6) is 0. The topological polar surface area (TPSA) is 51.4 Å². The van der Waals surface area contributed by atoms with Crippen molar-refractivity contribution in [3.63, 3.8) is 0 Å². The highest BCUT2D eigenvalue weighted by Crippen LogP contribution is 2.29. The first-order valence-corrected chi connectivity index (χ1v) is 6.78. The van der Waals surface area contributed by atoms with Crippen LogP contribution in [0.2, 0.25) is 0 Å². The molecule has 1 aromatic heterocycles. The van der Waals surface area contributed by atoms with Gasteiger partial charge in [0.1, 0.15) is 0 Å². The van der Waals surface area contributed by atoms with Crippen LogP contribution in [0.4, 0.5) is 11.4 Å².